The maximum absolute atomic E-state index is 12.4. The molecule has 138 valence electrons. The molecule has 6 nitrogen and oxygen atoms in total. The first-order valence-electron chi connectivity index (χ1n) is 8.03. The Labute approximate surface area is 153 Å². The maximum Gasteiger partial charge on any atom is 0.254 e. The summed E-state index contributed by atoms with van der Waals surface area (Å²) in [6, 6.07) is 13.7. The predicted octanol–water partition coefficient (Wildman–Crippen LogP) is 2.25. The molecule has 0 heterocycles. The number of amides is 2. The molecule has 1 N–H and O–H groups in total. The molecule has 2 aromatic rings. The number of nitrogens with zero attached hydrogens (tertiary/aromatic N) is 1. The average molecular weight is 374 g/mol. The van der Waals surface area contributed by atoms with Crippen LogP contribution in [-0.4, -0.2) is 45.0 Å². The van der Waals surface area contributed by atoms with Gasteiger partial charge >= 0.3 is 0 Å². The second kappa shape index (κ2) is 8.14. The van der Waals surface area contributed by atoms with Gasteiger partial charge in [-0.15, -0.1) is 0 Å². The molecular weight excluding hydrogens is 352 g/mol. The fraction of sp³-hybridized carbons (Fsp3) is 0.263. The number of carbonyl (C=O) groups is 2. The van der Waals surface area contributed by atoms with Crippen molar-refractivity contribution in [2.75, 3.05) is 25.2 Å². The minimum absolute atomic E-state index is 0.0731. The largest absolute Gasteiger partial charge is 0.332 e. The second-order valence-corrected chi connectivity index (χ2v) is 8.48. The molecule has 0 spiro atoms. The molecule has 0 aliphatic carbocycles. The van der Waals surface area contributed by atoms with Gasteiger partial charge in [-0.25, -0.2) is 8.42 Å². The van der Waals surface area contributed by atoms with E-state index in [4.69, 9.17) is 0 Å². The van der Waals surface area contributed by atoms with Crippen molar-refractivity contribution in [1.29, 1.82) is 0 Å². The third-order valence-electron chi connectivity index (χ3n) is 3.69. The van der Waals surface area contributed by atoms with Crippen LogP contribution in [-0.2, 0) is 20.4 Å². The fourth-order valence-corrected chi connectivity index (χ4v) is 3.19. The van der Waals surface area contributed by atoms with Gasteiger partial charge in [-0.05, 0) is 36.8 Å². The molecule has 0 radical (unpaired) electrons. The molecule has 2 aromatic carbocycles. The van der Waals surface area contributed by atoms with Crippen molar-refractivity contribution < 1.29 is 18.0 Å². The third kappa shape index (κ3) is 6.00. The summed E-state index contributed by atoms with van der Waals surface area (Å²) in [5.74, 6) is -0.677. The Kier molecular flexibility index (Phi) is 6.15. The van der Waals surface area contributed by atoms with Gasteiger partial charge in [-0.1, -0.05) is 29.8 Å². The van der Waals surface area contributed by atoms with Gasteiger partial charge < -0.3 is 10.2 Å². The summed E-state index contributed by atoms with van der Waals surface area (Å²) < 4.78 is 22.6. The molecule has 0 unspecified atom stereocenters. The number of nitrogens with one attached hydrogen (secondary N) is 1. The molecule has 0 atom stereocenters. The van der Waals surface area contributed by atoms with Crippen molar-refractivity contribution in [3.05, 3.63) is 65.2 Å². The molecule has 0 saturated heterocycles. The van der Waals surface area contributed by atoms with Crippen molar-refractivity contribution in [3.63, 3.8) is 0 Å². The Balaban J connectivity index is 1.95. The molecule has 0 bridgehead atoms. The zero-order valence-corrected chi connectivity index (χ0v) is 15.8. The minimum atomic E-state index is -3.12. The molecule has 0 aliphatic rings. The fourth-order valence-electron chi connectivity index (χ4n) is 2.39. The lowest BCUT2D eigenvalue weighted by atomic mass is 10.1. The Morgan fingerprint density at radius 3 is 2.12 bits per heavy atom. The summed E-state index contributed by atoms with van der Waals surface area (Å²) in [7, 11) is -1.58. The predicted molar refractivity (Wildman–Crippen MR) is 102 cm³/mol. The summed E-state index contributed by atoms with van der Waals surface area (Å²) >= 11 is 0. The highest BCUT2D eigenvalue weighted by Gasteiger charge is 2.15. The Morgan fingerprint density at radius 1 is 1.00 bits per heavy atom. The number of likely N-dealkylation sites (N-methyl/N-ethyl adjacent to an activating group) is 1. The average Bonchev–Trinajstić information content (AvgIpc) is 2.55. The summed E-state index contributed by atoms with van der Waals surface area (Å²) in [4.78, 5) is 25.8. The normalized spacial score (nSPS) is 11.0. The Bertz CT molecular complexity index is 888. The molecule has 0 fully saturated rings. The third-order valence-corrected chi connectivity index (χ3v) is 4.55. The van der Waals surface area contributed by atoms with Crippen molar-refractivity contribution in [1.82, 2.24) is 4.90 Å². The zero-order chi connectivity index (χ0) is 19.3. The van der Waals surface area contributed by atoms with Gasteiger partial charge in [0, 0.05) is 24.6 Å². The lowest BCUT2D eigenvalue weighted by Crippen LogP contribution is -2.34. The topological polar surface area (TPSA) is 83.6 Å². The van der Waals surface area contributed by atoms with Gasteiger partial charge in [-0.2, -0.15) is 0 Å². The van der Waals surface area contributed by atoms with E-state index in [1.54, 1.807) is 43.4 Å². The highest BCUT2D eigenvalue weighted by molar-refractivity contribution is 7.89. The number of hydrogen-bond donors (Lipinski definition) is 1. The van der Waals surface area contributed by atoms with E-state index in [2.05, 4.69) is 5.32 Å². The smallest absolute Gasteiger partial charge is 0.254 e. The number of hydrogen-bond acceptors (Lipinski definition) is 4. The number of benzene rings is 2. The highest BCUT2D eigenvalue weighted by Crippen LogP contribution is 2.11. The Morgan fingerprint density at radius 2 is 1.58 bits per heavy atom. The first kappa shape index (κ1) is 19.7. The molecule has 2 rings (SSSR count). The van der Waals surface area contributed by atoms with Crippen LogP contribution in [0.25, 0.3) is 0 Å². The van der Waals surface area contributed by atoms with E-state index >= 15 is 0 Å². The van der Waals surface area contributed by atoms with Gasteiger partial charge in [0.1, 0.15) is 0 Å². The van der Waals surface area contributed by atoms with Crippen LogP contribution in [0.3, 0.4) is 0 Å². The van der Waals surface area contributed by atoms with E-state index in [0.717, 1.165) is 11.8 Å². The van der Waals surface area contributed by atoms with Crippen LogP contribution < -0.4 is 5.32 Å². The number of aryl methyl sites for hydroxylation is 1. The van der Waals surface area contributed by atoms with Gasteiger partial charge in [0.05, 0.1) is 12.3 Å². The first-order chi connectivity index (χ1) is 12.1. The summed E-state index contributed by atoms with van der Waals surface area (Å²) in [6.45, 7) is 1.87. The maximum atomic E-state index is 12.4. The van der Waals surface area contributed by atoms with E-state index in [0.29, 0.717) is 16.8 Å². The standard InChI is InChI=1S/C19H22N2O4S/c1-14-4-10-17(11-5-14)20-18(22)12-21(2)19(23)16-8-6-15(7-9-16)13-26(3,24)25/h4-11H,12-13H2,1-3H3,(H,20,22). The lowest BCUT2D eigenvalue weighted by molar-refractivity contribution is -0.116. The highest BCUT2D eigenvalue weighted by atomic mass is 32.2. The van der Waals surface area contributed by atoms with Crippen LogP contribution in [0.15, 0.2) is 48.5 Å². The van der Waals surface area contributed by atoms with Crippen LogP contribution in [0.4, 0.5) is 5.69 Å². The van der Waals surface area contributed by atoms with E-state index < -0.39 is 9.84 Å². The van der Waals surface area contributed by atoms with E-state index in [1.165, 1.54) is 4.90 Å². The van der Waals surface area contributed by atoms with Crippen molar-refractivity contribution in [3.8, 4) is 0 Å². The van der Waals surface area contributed by atoms with Crippen LogP contribution in [0.2, 0.25) is 0 Å². The first-order valence-corrected chi connectivity index (χ1v) is 10.1. The molecule has 2 amide bonds. The minimum Gasteiger partial charge on any atom is -0.332 e. The Hall–Kier alpha value is -2.67. The molecule has 0 aliphatic heterocycles. The monoisotopic (exact) mass is 374 g/mol. The number of rotatable bonds is 6. The van der Waals surface area contributed by atoms with Gasteiger partial charge in [0.25, 0.3) is 5.91 Å². The van der Waals surface area contributed by atoms with Crippen molar-refractivity contribution in [2.45, 2.75) is 12.7 Å². The molecular formula is C19H22N2O4S. The van der Waals surface area contributed by atoms with Gasteiger partial charge in [0.2, 0.25) is 5.91 Å². The molecule has 26 heavy (non-hydrogen) atoms. The summed E-state index contributed by atoms with van der Waals surface area (Å²) in [5.41, 5.74) is 2.78. The van der Waals surface area contributed by atoms with Crippen LogP contribution in [0.1, 0.15) is 21.5 Å². The van der Waals surface area contributed by atoms with Gasteiger partial charge in [0.15, 0.2) is 9.84 Å². The van der Waals surface area contributed by atoms with Crippen LogP contribution in [0.5, 0.6) is 0 Å². The number of sulfone groups is 1. The van der Waals surface area contributed by atoms with E-state index in [1.807, 2.05) is 19.1 Å². The summed E-state index contributed by atoms with van der Waals surface area (Å²) in [5, 5.41) is 2.74. The quantitative estimate of drug-likeness (QED) is 0.841. The molecule has 0 aromatic heterocycles. The zero-order valence-electron chi connectivity index (χ0n) is 15.0. The van der Waals surface area contributed by atoms with Crippen molar-refractivity contribution >= 4 is 27.3 Å². The number of carbonyl (C=O) groups excluding carboxylic acids is 2. The van der Waals surface area contributed by atoms with E-state index in [9.17, 15) is 18.0 Å². The van der Waals surface area contributed by atoms with Crippen LogP contribution >= 0.6 is 0 Å². The summed E-state index contributed by atoms with van der Waals surface area (Å²) in [6.07, 6.45) is 1.16. The number of anilines is 1. The lowest BCUT2D eigenvalue weighted by Gasteiger charge is -2.17. The molecule has 0 saturated carbocycles. The van der Waals surface area contributed by atoms with Gasteiger partial charge in [-0.3, -0.25) is 9.59 Å². The molecule has 7 heteroatoms. The van der Waals surface area contributed by atoms with Crippen LogP contribution in [0, 0.1) is 6.92 Å². The van der Waals surface area contributed by atoms with Crippen molar-refractivity contribution in [2.24, 2.45) is 0 Å². The second-order valence-electron chi connectivity index (χ2n) is 6.34. The SMILES string of the molecule is Cc1ccc(NC(=O)CN(C)C(=O)c2ccc(CS(C)(=O)=O)cc2)cc1. The van der Waals surface area contributed by atoms with E-state index in [-0.39, 0.29) is 24.1 Å².